The third-order valence-electron chi connectivity index (χ3n) is 4.41. The lowest BCUT2D eigenvalue weighted by Gasteiger charge is -2.09. The highest BCUT2D eigenvalue weighted by Crippen LogP contribution is 2.26. The molecule has 0 bridgehead atoms. The third kappa shape index (κ3) is 4.60. The molecule has 0 unspecified atom stereocenters. The van der Waals surface area contributed by atoms with E-state index in [4.69, 9.17) is 15.9 Å². The van der Waals surface area contributed by atoms with Crippen molar-refractivity contribution in [1.29, 1.82) is 0 Å². The summed E-state index contributed by atoms with van der Waals surface area (Å²) in [5, 5.41) is 7.54. The summed E-state index contributed by atoms with van der Waals surface area (Å²) >= 11 is 0. The molecule has 3 rings (SSSR count). The second-order valence-corrected chi connectivity index (χ2v) is 9.36. The van der Waals surface area contributed by atoms with Gasteiger partial charge in [0.1, 0.15) is 0 Å². The lowest BCUT2D eigenvalue weighted by molar-refractivity contribution is 0.493. The number of anilines is 1. The van der Waals surface area contributed by atoms with Gasteiger partial charge in [-0.25, -0.2) is 18.4 Å². The molecule has 0 radical (unpaired) electrons. The third-order valence-corrected chi connectivity index (χ3v) is 6.58. The van der Waals surface area contributed by atoms with E-state index in [9.17, 15) is 8.42 Å². The van der Waals surface area contributed by atoms with E-state index in [1.165, 1.54) is 6.20 Å². The molecule has 2 heterocycles. The summed E-state index contributed by atoms with van der Waals surface area (Å²) in [6.07, 6.45) is 3.87. The SMILES string of the molecule is CC(C)S(=O)(=O)c1ccc(-c2cnc(N)c(-c3nnc(CCCCN)o3)n2)cc1.[HH].[HH].[HH].[HH]. The molecule has 0 amide bonds. The zero-order valence-electron chi connectivity index (χ0n) is 16.4. The van der Waals surface area contributed by atoms with Gasteiger partial charge in [-0.05, 0) is 45.4 Å². The van der Waals surface area contributed by atoms with Crippen molar-refractivity contribution in [3.8, 4) is 22.8 Å². The van der Waals surface area contributed by atoms with Gasteiger partial charge in [0.05, 0.1) is 22.0 Å². The summed E-state index contributed by atoms with van der Waals surface area (Å²) in [6.45, 7) is 3.91. The predicted molar refractivity (Wildman–Crippen MR) is 118 cm³/mol. The van der Waals surface area contributed by atoms with Crippen LogP contribution in [0.2, 0.25) is 0 Å². The van der Waals surface area contributed by atoms with Gasteiger partial charge in [-0.3, -0.25) is 0 Å². The fraction of sp³-hybridized carbons (Fsp3) is 0.368. The van der Waals surface area contributed by atoms with Crippen LogP contribution in [0, 0.1) is 0 Å². The van der Waals surface area contributed by atoms with Crippen molar-refractivity contribution in [1.82, 2.24) is 20.2 Å². The molecular formula is C19H32N6O3S. The van der Waals surface area contributed by atoms with E-state index in [-0.39, 0.29) is 22.3 Å². The smallest absolute Gasteiger partial charge is 0.270 e. The Hall–Kier alpha value is -2.85. The fourth-order valence-electron chi connectivity index (χ4n) is 2.65. The van der Waals surface area contributed by atoms with Crippen LogP contribution in [-0.4, -0.2) is 40.4 Å². The van der Waals surface area contributed by atoms with Crippen LogP contribution in [0.1, 0.15) is 38.3 Å². The molecule has 9 nitrogen and oxygen atoms in total. The van der Waals surface area contributed by atoms with E-state index in [0.29, 0.717) is 35.8 Å². The number of rotatable bonds is 8. The van der Waals surface area contributed by atoms with Crippen LogP contribution >= 0.6 is 0 Å². The van der Waals surface area contributed by atoms with Crippen molar-refractivity contribution in [3.63, 3.8) is 0 Å². The van der Waals surface area contributed by atoms with Gasteiger partial charge in [-0.2, -0.15) is 0 Å². The van der Waals surface area contributed by atoms with E-state index in [1.54, 1.807) is 38.1 Å². The van der Waals surface area contributed by atoms with Gasteiger partial charge in [0.15, 0.2) is 21.3 Å². The molecule has 0 saturated heterocycles. The van der Waals surface area contributed by atoms with E-state index >= 15 is 0 Å². The molecule has 1 aromatic carbocycles. The van der Waals surface area contributed by atoms with Crippen LogP contribution in [0.4, 0.5) is 5.82 Å². The number of unbranched alkanes of at least 4 members (excludes halogenated alkanes) is 1. The summed E-state index contributed by atoms with van der Waals surface area (Å²) in [7, 11) is -3.34. The van der Waals surface area contributed by atoms with Gasteiger partial charge < -0.3 is 15.9 Å². The number of aromatic nitrogens is 4. The highest BCUT2D eigenvalue weighted by molar-refractivity contribution is 7.92. The van der Waals surface area contributed by atoms with Crippen LogP contribution in [-0.2, 0) is 16.3 Å². The van der Waals surface area contributed by atoms with Crippen LogP contribution in [0.5, 0.6) is 0 Å². The number of benzene rings is 1. The van der Waals surface area contributed by atoms with E-state index in [1.807, 2.05) is 0 Å². The molecule has 0 fully saturated rings. The van der Waals surface area contributed by atoms with E-state index in [0.717, 1.165) is 12.8 Å². The van der Waals surface area contributed by atoms with E-state index in [2.05, 4.69) is 20.2 Å². The van der Waals surface area contributed by atoms with E-state index < -0.39 is 15.1 Å². The van der Waals surface area contributed by atoms with Gasteiger partial charge in [0.2, 0.25) is 5.89 Å². The Morgan fingerprint density at radius 2 is 1.86 bits per heavy atom. The highest BCUT2D eigenvalue weighted by atomic mass is 32.2. The highest BCUT2D eigenvalue weighted by Gasteiger charge is 2.20. The Bertz CT molecular complexity index is 1100. The van der Waals surface area contributed by atoms with Gasteiger partial charge in [0.25, 0.3) is 5.89 Å². The maximum Gasteiger partial charge on any atom is 0.270 e. The summed E-state index contributed by atoms with van der Waals surface area (Å²) in [5.41, 5.74) is 12.9. The lowest BCUT2D eigenvalue weighted by Crippen LogP contribution is -2.13. The number of aryl methyl sites for hydroxylation is 1. The molecule has 0 aliphatic heterocycles. The average Bonchev–Trinajstić information content (AvgIpc) is 3.17. The molecule has 0 spiro atoms. The van der Waals surface area contributed by atoms with Crippen LogP contribution < -0.4 is 11.5 Å². The molecule has 0 atom stereocenters. The zero-order valence-corrected chi connectivity index (χ0v) is 17.2. The molecule has 2 aromatic heterocycles. The minimum atomic E-state index is -3.34. The summed E-state index contributed by atoms with van der Waals surface area (Å²) in [4.78, 5) is 8.93. The summed E-state index contributed by atoms with van der Waals surface area (Å²) < 4.78 is 30.2. The number of sulfone groups is 1. The van der Waals surface area contributed by atoms with Crippen molar-refractivity contribution in [2.75, 3.05) is 12.3 Å². The normalized spacial score (nSPS) is 11.9. The Labute approximate surface area is 175 Å². The monoisotopic (exact) mass is 424 g/mol. The van der Waals surface area contributed by atoms with Crippen molar-refractivity contribution in [2.45, 2.75) is 43.3 Å². The number of hydrogen-bond acceptors (Lipinski definition) is 9. The lowest BCUT2D eigenvalue weighted by atomic mass is 10.1. The van der Waals surface area contributed by atoms with Crippen LogP contribution in [0.25, 0.3) is 22.8 Å². The topological polar surface area (TPSA) is 151 Å². The largest absolute Gasteiger partial charge is 0.419 e. The number of hydrogen-bond donors (Lipinski definition) is 2. The number of nitrogens with zero attached hydrogens (tertiary/aromatic N) is 4. The van der Waals surface area contributed by atoms with Gasteiger partial charge in [-0.15, -0.1) is 10.2 Å². The zero-order chi connectivity index (χ0) is 21.0. The average molecular weight is 425 g/mol. The Morgan fingerprint density at radius 3 is 2.52 bits per heavy atom. The molecule has 10 heteroatoms. The molecular weight excluding hydrogens is 392 g/mol. The van der Waals surface area contributed by atoms with Gasteiger partial charge in [0, 0.05) is 17.7 Å². The molecule has 0 aliphatic carbocycles. The minimum Gasteiger partial charge on any atom is -0.419 e. The maximum atomic E-state index is 12.3. The molecule has 3 aromatic rings. The standard InChI is InChI=1S/C19H24N6O3S.4H2/c1-12(2)29(26,27)14-8-6-13(7-9-14)15-11-22-18(21)17(23-15)19-25-24-16(28-19)5-3-4-10-20;;;;/h6-9,11-12H,3-5,10,20H2,1-2H3,(H2,21,22);4*1H. The first-order valence-corrected chi connectivity index (χ1v) is 10.9. The second-order valence-electron chi connectivity index (χ2n) is 6.85. The number of nitrogen functional groups attached to an aromatic ring is 1. The van der Waals surface area contributed by atoms with Gasteiger partial charge in [-0.1, -0.05) is 12.1 Å². The second kappa shape index (κ2) is 8.66. The van der Waals surface area contributed by atoms with Crippen molar-refractivity contribution in [2.24, 2.45) is 5.73 Å². The fourth-order valence-corrected chi connectivity index (χ4v) is 3.71. The Morgan fingerprint density at radius 1 is 1.14 bits per heavy atom. The number of nitrogens with two attached hydrogens (primary N) is 2. The summed E-state index contributed by atoms with van der Waals surface area (Å²) in [5.74, 6) is 0.854. The first kappa shape index (κ1) is 20.9. The van der Waals surface area contributed by atoms with Crippen LogP contribution in [0.3, 0.4) is 0 Å². The quantitative estimate of drug-likeness (QED) is 0.519. The van der Waals surface area contributed by atoms with Crippen molar-refractivity contribution >= 4 is 15.7 Å². The predicted octanol–water partition coefficient (Wildman–Crippen LogP) is 3.22. The first-order chi connectivity index (χ1) is 13.8. The van der Waals surface area contributed by atoms with Crippen molar-refractivity contribution in [3.05, 3.63) is 36.4 Å². The first-order valence-electron chi connectivity index (χ1n) is 9.32. The van der Waals surface area contributed by atoms with Crippen LogP contribution in [0.15, 0.2) is 39.8 Å². The van der Waals surface area contributed by atoms with Gasteiger partial charge >= 0.3 is 0 Å². The molecule has 0 saturated carbocycles. The molecule has 29 heavy (non-hydrogen) atoms. The Balaban J connectivity index is 0. The Kier molecular flexibility index (Phi) is 6.23. The maximum absolute atomic E-state index is 12.3. The van der Waals surface area contributed by atoms with Crippen molar-refractivity contribution < 1.29 is 18.5 Å². The minimum absolute atomic E-state index is 0. The summed E-state index contributed by atoms with van der Waals surface area (Å²) in [6, 6.07) is 6.49. The molecule has 162 valence electrons. The molecule has 0 aliphatic rings. The molecule has 4 N–H and O–H groups in total.